The van der Waals surface area contributed by atoms with E-state index in [1.54, 1.807) is 6.20 Å². The number of hydrogen-bond donors (Lipinski definition) is 2. The monoisotopic (exact) mass is 545 g/mol. The number of rotatable bonds is 11. The van der Waals surface area contributed by atoms with Crippen LogP contribution in [0, 0.1) is 6.92 Å². The zero-order valence-corrected chi connectivity index (χ0v) is 25.4. The molecule has 4 aromatic rings. The van der Waals surface area contributed by atoms with E-state index in [0.29, 0.717) is 5.95 Å². The average Bonchev–Trinajstić information content (AvgIpc) is 2.96. The molecule has 0 saturated heterocycles. The molecule has 0 spiro atoms. The van der Waals surface area contributed by atoms with Gasteiger partial charge in [-0.1, -0.05) is 95.8 Å². The van der Waals surface area contributed by atoms with E-state index in [1.165, 1.54) is 12.0 Å². The Morgan fingerprint density at radius 3 is 2.24 bits per heavy atom. The summed E-state index contributed by atoms with van der Waals surface area (Å²) in [6.45, 7) is 20.5. The van der Waals surface area contributed by atoms with Gasteiger partial charge in [-0.3, -0.25) is 0 Å². The van der Waals surface area contributed by atoms with E-state index in [9.17, 15) is 0 Å². The van der Waals surface area contributed by atoms with Gasteiger partial charge in [-0.15, -0.1) is 0 Å². The lowest BCUT2D eigenvalue weighted by molar-refractivity contribution is 0.463. The predicted octanol–water partition coefficient (Wildman–Crippen LogP) is 9.28. The first-order chi connectivity index (χ1) is 19.6. The molecule has 41 heavy (non-hydrogen) atoms. The summed E-state index contributed by atoms with van der Waals surface area (Å²) in [5.74, 6) is 0.551. The Morgan fingerprint density at radius 1 is 0.902 bits per heavy atom. The van der Waals surface area contributed by atoms with Gasteiger partial charge in [-0.05, 0) is 65.3 Å². The zero-order valence-electron chi connectivity index (χ0n) is 25.4. The molecule has 2 N–H and O–H groups in total. The van der Waals surface area contributed by atoms with Gasteiger partial charge < -0.3 is 15.5 Å². The lowest BCUT2D eigenvalue weighted by Crippen LogP contribution is -2.17. The van der Waals surface area contributed by atoms with Crippen molar-refractivity contribution < 1.29 is 0 Å². The van der Waals surface area contributed by atoms with E-state index < -0.39 is 0 Å². The van der Waals surface area contributed by atoms with Crippen LogP contribution < -0.4 is 10.6 Å². The Hall–Kier alpha value is -4.38. The highest BCUT2D eigenvalue weighted by molar-refractivity contribution is 5.81. The Bertz CT molecular complexity index is 1490. The predicted molar refractivity (Wildman–Crippen MR) is 176 cm³/mol. The van der Waals surface area contributed by atoms with E-state index in [2.05, 4.69) is 124 Å². The topological polar surface area (TPSA) is 53.1 Å². The highest BCUT2D eigenvalue weighted by Gasteiger charge is 2.14. The quantitative estimate of drug-likeness (QED) is 0.197. The standard InChI is InChI=1S/C36H43N5/c1-9-10-24-41(8)27(4)29-16-20-31(21-17-29)39-35-37-23-22-34(40-35)32-12-11-13-33(25(32)2)38-26(3)28-14-18-30(19-15-28)36(5,6)7/h11-23,38H,3-4,9-10,24H2,1-2,5-8H3,(H,37,39,40). The molecule has 0 unspecified atom stereocenters. The van der Waals surface area contributed by atoms with Crippen LogP contribution in [-0.2, 0) is 5.41 Å². The molecule has 0 bridgehead atoms. The molecule has 5 heteroatoms. The van der Waals surface area contributed by atoms with Crippen molar-refractivity contribution in [3.8, 4) is 11.3 Å². The average molecular weight is 546 g/mol. The summed E-state index contributed by atoms with van der Waals surface area (Å²) in [6.07, 6.45) is 4.11. The van der Waals surface area contributed by atoms with Gasteiger partial charge in [0.2, 0.25) is 5.95 Å². The number of benzene rings is 3. The van der Waals surface area contributed by atoms with E-state index in [4.69, 9.17) is 4.98 Å². The highest BCUT2D eigenvalue weighted by Crippen LogP contribution is 2.31. The number of aromatic nitrogens is 2. The molecule has 0 aliphatic heterocycles. The number of anilines is 3. The molecule has 4 rings (SSSR count). The Balaban J connectivity index is 1.47. The maximum Gasteiger partial charge on any atom is 0.227 e. The van der Waals surface area contributed by atoms with Crippen molar-refractivity contribution in [1.29, 1.82) is 0 Å². The minimum Gasteiger partial charge on any atom is -0.375 e. The van der Waals surface area contributed by atoms with Crippen LogP contribution in [0.4, 0.5) is 17.3 Å². The summed E-state index contributed by atoms with van der Waals surface area (Å²) in [4.78, 5) is 11.5. The van der Waals surface area contributed by atoms with Crippen LogP contribution in [-0.4, -0.2) is 28.5 Å². The van der Waals surface area contributed by atoms with Crippen LogP contribution in [0.2, 0.25) is 0 Å². The molecule has 1 aromatic heterocycles. The summed E-state index contributed by atoms with van der Waals surface area (Å²) >= 11 is 0. The zero-order chi connectivity index (χ0) is 29.6. The molecule has 0 amide bonds. The van der Waals surface area contributed by atoms with Gasteiger partial charge in [0, 0.05) is 48.1 Å². The van der Waals surface area contributed by atoms with Gasteiger partial charge in [0.25, 0.3) is 0 Å². The molecule has 0 aliphatic carbocycles. The molecule has 0 saturated carbocycles. The molecule has 1 heterocycles. The summed E-state index contributed by atoms with van der Waals surface area (Å²) in [6, 6.07) is 25.0. The Labute approximate surface area is 246 Å². The van der Waals surface area contributed by atoms with Crippen molar-refractivity contribution in [1.82, 2.24) is 14.9 Å². The molecule has 212 valence electrons. The SMILES string of the molecule is C=C(Nc1cccc(-c2ccnc(Nc3ccc(C(=C)N(C)CCCC)cc3)n2)c1C)c1ccc(C(C)(C)C)cc1. The fourth-order valence-electron chi connectivity index (χ4n) is 4.65. The fourth-order valence-corrected chi connectivity index (χ4v) is 4.65. The van der Waals surface area contributed by atoms with Crippen LogP contribution in [0.5, 0.6) is 0 Å². The minimum absolute atomic E-state index is 0.118. The molecular weight excluding hydrogens is 502 g/mol. The first kappa shape index (κ1) is 29.6. The second kappa shape index (κ2) is 12.9. The molecule has 5 nitrogen and oxygen atoms in total. The van der Waals surface area contributed by atoms with Crippen LogP contribution in [0.3, 0.4) is 0 Å². The number of nitrogens with one attached hydrogen (secondary N) is 2. The van der Waals surface area contributed by atoms with Gasteiger partial charge >= 0.3 is 0 Å². The normalized spacial score (nSPS) is 11.2. The van der Waals surface area contributed by atoms with Crippen LogP contribution in [0.1, 0.15) is 62.8 Å². The van der Waals surface area contributed by atoms with Crippen molar-refractivity contribution in [2.24, 2.45) is 0 Å². The molecule has 0 radical (unpaired) electrons. The van der Waals surface area contributed by atoms with E-state index >= 15 is 0 Å². The third kappa shape index (κ3) is 7.43. The molecule has 0 fully saturated rings. The Morgan fingerprint density at radius 2 is 1.59 bits per heavy atom. The first-order valence-corrected chi connectivity index (χ1v) is 14.3. The van der Waals surface area contributed by atoms with Gasteiger partial charge in [0.1, 0.15) is 0 Å². The minimum atomic E-state index is 0.118. The van der Waals surface area contributed by atoms with E-state index in [0.717, 1.165) is 63.7 Å². The molecule has 0 atom stereocenters. The summed E-state index contributed by atoms with van der Waals surface area (Å²) in [5, 5.41) is 6.87. The molecular formula is C36H43N5. The third-order valence-electron chi connectivity index (χ3n) is 7.43. The van der Waals surface area contributed by atoms with Crippen molar-refractivity contribution in [3.63, 3.8) is 0 Å². The highest BCUT2D eigenvalue weighted by atomic mass is 15.1. The van der Waals surface area contributed by atoms with Crippen LogP contribution in [0.25, 0.3) is 22.7 Å². The maximum atomic E-state index is 4.83. The number of hydrogen-bond acceptors (Lipinski definition) is 5. The maximum absolute atomic E-state index is 4.83. The summed E-state index contributed by atoms with van der Waals surface area (Å²) in [7, 11) is 2.09. The largest absolute Gasteiger partial charge is 0.375 e. The van der Waals surface area contributed by atoms with Gasteiger partial charge in [0.15, 0.2) is 0 Å². The molecule has 3 aromatic carbocycles. The number of unbranched alkanes of at least 4 members (excludes halogenated alkanes) is 1. The van der Waals surface area contributed by atoms with Gasteiger partial charge in [-0.25, -0.2) is 9.97 Å². The lowest BCUT2D eigenvalue weighted by atomic mass is 9.86. The second-order valence-electron chi connectivity index (χ2n) is 11.6. The van der Waals surface area contributed by atoms with E-state index in [-0.39, 0.29) is 5.41 Å². The van der Waals surface area contributed by atoms with Gasteiger partial charge in [0.05, 0.1) is 5.69 Å². The lowest BCUT2D eigenvalue weighted by Gasteiger charge is -2.21. The summed E-state index contributed by atoms with van der Waals surface area (Å²) < 4.78 is 0. The van der Waals surface area contributed by atoms with Crippen LogP contribution >= 0.6 is 0 Å². The van der Waals surface area contributed by atoms with Crippen LogP contribution in [0.15, 0.2) is 92.2 Å². The third-order valence-corrected chi connectivity index (χ3v) is 7.43. The second-order valence-corrected chi connectivity index (χ2v) is 11.6. The number of nitrogens with zero attached hydrogens (tertiary/aromatic N) is 3. The summed E-state index contributed by atoms with van der Waals surface area (Å²) in [5.41, 5.74) is 10.4. The smallest absolute Gasteiger partial charge is 0.227 e. The van der Waals surface area contributed by atoms with Crippen molar-refractivity contribution >= 4 is 28.7 Å². The van der Waals surface area contributed by atoms with Crippen molar-refractivity contribution in [2.45, 2.75) is 52.9 Å². The first-order valence-electron chi connectivity index (χ1n) is 14.3. The van der Waals surface area contributed by atoms with E-state index in [1.807, 2.05) is 24.3 Å². The van der Waals surface area contributed by atoms with Crippen molar-refractivity contribution in [2.75, 3.05) is 24.2 Å². The molecule has 0 aliphatic rings. The Kier molecular flexibility index (Phi) is 9.28. The van der Waals surface area contributed by atoms with Crippen molar-refractivity contribution in [3.05, 3.63) is 114 Å². The van der Waals surface area contributed by atoms with Gasteiger partial charge in [-0.2, -0.15) is 0 Å². The fraction of sp³-hybridized carbons (Fsp3) is 0.278.